The fourth-order valence-corrected chi connectivity index (χ4v) is 5.37. The molecule has 0 atom stereocenters. The third kappa shape index (κ3) is 7.05. The van der Waals surface area contributed by atoms with Gasteiger partial charge in [-0.15, -0.1) is 0 Å². The molecule has 0 aromatic heterocycles. The molecular weight excluding hydrogens is 520 g/mol. The number of hydrazine groups is 1. The minimum absolute atomic E-state index is 0.00417. The molecular formula is C34H33F2N3O2. The number of amides is 2. The van der Waals surface area contributed by atoms with Gasteiger partial charge >= 0.3 is 0 Å². The van der Waals surface area contributed by atoms with E-state index in [2.05, 4.69) is 4.90 Å². The van der Waals surface area contributed by atoms with Gasteiger partial charge in [-0.1, -0.05) is 60.7 Å². The van der Waals surface area contributed by atoms with Gasteiger partial charge in [-0.25, -0.2) is 18.8 Å². The van der Waals surface area contributed by atoms with Gasteiger partial charge in [-0.05, 0) is 79.0 Å². The van der Waals surface area contributed by atoms with Crippen molar-refractivity contribution < 1.29 is 18.4 Å². The zero-order valence-corrected chi connectivity index (χ0v) is 22.8. The van der Waals surface area contributed by atoms with Gasteiger partial charge in [0, 0.05) is 30.1 Å². The zero-order valence-electron chi connectivity index (χ0n) is 22.8. The molecule has 4 aromatic rings. The van der Waals surface area contributed by atoms with E-state index < -0.39 is 0 Å². The first-order valence-corrected chi connectivity index (χ1v) is 14.0. The molecule has 0 aliphatic carbocycles. The molecule has 1 heterocycles. The summed E-state index contributed by atoms with van der Waals surface area (Å²) >= 11 is 0. The molecule has 1 aliphatic rings. The van der Waals surface area contributed by atoms with Gasteiger partial charge in [0.25, 0.3) is 11.8 Å². The van der Waals surface area contributed by atoms with E-state index in [0.29, 0.717) is 37.3 Å². The van der Waals surface area contributed by atoms with Crippen LogP contribution in [0.5, 0.6) is 0 Å². The van der Waals surface area contributed by atoms with E-state index in [9.17, 15) is 18.4 Å². The molecule has 0 radical (unpaired) electrons. The van der Waals surface area contributed by atoms with Crippen molar-refractivity contribution >= 4 is 11.8 Å². The number of rotatable bonds is 8. The van der Waals surface area contributed by atoms with Crippen LogP contribution in [0.1, 0.15) is 50.6 Å². The summed E-state index contributed by atoms with van der Waals surface area (Å²) in [7, 11) is 0. The number of hydrogen-bond acceptors (Lipinski definition) is 3. The van der Waals surface area contributed by atoms with Crippen LogP contribution in [0.25, 0.3) is 0 Å². The summed E-state index contributed by atoms with van der Waals surface area (Å²) in [4.78, 5) is 29.3. The fourth-order valence-electron chi connectivity index (χ4n) is 5.37. The van der Waals surface area contributed by atoms with E-state index >= 15 is 0 Å². The van der Waals surface area contributed by atoms with Crippen LogP contribution in [0.4, 0.5) is 8.78 Å². The summed E-state index contributed by atoms with van der Waals surface area (Å²) in [5.41, 5.74) is 3.03. The van der Waals surface area contributed by atoms with Crippen molar-refractivity contribution in [3.63, 3.8) is 0 Å². The van der Waals surface area contributed by atoms with Crippen molar-refractivity contribution in [1.82, 2.24) is 14.9 Å². The molecule has 5 rings (SSSR count). The van der Waals surface area contributed by atoms with Crippen LogP contribution in [0.2, 0.25) is 0 Å². The van der Waals surface area contributed by atoms with Crippen molar-refractivity contribution in [2.75, 3.05) is 32.7 Å². The average Bonchev–Trinajstić information content (AvgIpc) is 3.23. The molecule has 1 aliphatic heterocycles. The van der Waals surface area contributed by atoms with Gasteiger partial charge in [0.2, 0.25) is 0 Å². The van der Waals surface area contributed by atoms with E-state index in [-0.39, 0.29) is 29.4 Å². The van der Waals surface area contributed by atoms with Crippen LogP contribution in [-0.2, 0) is 0 Å². The van der Waals surface area contributed by atoms with Crippen molar-refractivity contribution in [3.8, 4) is 0 Å². The van der Waals surface area contributed by atoms with Gasteiger partial charge in [0.1, 0.15) is 11.6 Å². The molecule has 1 fully saturated rings. The normalized spacial score (nSPS) is 14.2. The molecule has 41 heavy (non-hydrogen) atoms. The van der Waals surface area contributed by atoms with E-state index in [4.69, 9.17) is 0 Å². The van der Waals surface area contributed by atoms with E-state index in [1.54, 1.807) is 58.5 Å². The Bertz CT molecular complexity index is 1320. The Kier molecular flexibility index (Phi) is 9.16. The first-order valence-electron chi connectivity index (χ1n) is 14.0. The Morgan fingerprint density at radius 3 is 1.41 bits per heavy atom. The standard InChI is InChI=1S/C34H33F2N3O2/c35-30-17-13-26(14-18-30)32(27-15-19-31(36)20-16-27)12-7-21-37-22-24-38(33(40)28-8-3-1-4-9-28)39(25-23-37)34(41)29-10-5-2-6-11-29/h1-6,8-11,13-20,32H,7,12,21-25H2. The van der Waals surface area contributed by atoms with Gasteiger partial charge in [0.05, 0.1) is 13.1 Å². The Labute approximate surface area is 239 Å². The van der Waals surface area contributed by atoms with Crippen molar-refractivity contribution in [2.24, 2.45) is 0 Å². The number of halogens is 2. The van der Waals surface area contributed by atoms with Gasteiger partial charge in [-0.2, -0.15) is 0 Å². The lowest BCUT2D eigenvalue weighted by molar-refractivity contribution is 0.00286. The Morgan fingerprint density at radius 1 is 0.585 bits per heavy atom. The van der Waals surface area contributed by atoms with Crippen LogP contribution in [-0.4, -0.2) is 59.5 Å². The van der Waals surface area contributed by atoms with Crippen molar-refractivity contribution in [1.29, 1.82) is 0 Å². The van der Waals surface area contributed by atoms with E-state index in [1.807, 2.05) is 36.4 Å². The zero-order chi connectivity index (χ0) is 28.6. The predicted molar refractivity (Wildman–Crippen MR) is 155 cm³/mol. The minimum Gasteiger partial charge on any atom is -0.300 e. The van der Waals surface area contributed by atoms with E-state index in [1.165, 1.54) is 24.3 Å². The summed E-state index contributed by atoms with van der Waals surface area (Å²) in [6.07, 6.45) is 1.62. The molecule has 5 nitrogen and oxygen atoms in total. The van der Waals surface area contributed by atoms with Crippen LogP contribution >= 0.6 is 0 Å². The summed E-state index contributed by atoms with van der Waals surface area (Å²) < 4.78 is 27.2. The molecule has 0 spiro atoms. The molecule has 0 unspecified atom stereocenters. The van der Waals surface area contributed by atoms with Crippen LogP contribution in [0.15, 0.2) is 109 Å². The molecule has 7 heteroatoms. The highest BCUT2D eigenvalue weighted by Crippen LogP contribution is 2.30. The second-order valence-corrected chi connectivity index (χ2v) is 10.2. The summed E-state index contributed by atoms with van der Waals surface area (Å²) in [5.74, 6) is -0.995. The molecule has 0 bridgehead atoms. The monoisotopic (exact) mass is 553 g/mol. The number of benzene rings is 4. The summed E-state index contributed by atoms with van der Waals surface area (Å²) in [6.45, 7) is 2.76. The highest BCUT2D eigenvalue weighted by molar-refractivity contribution is 5.99. The molecule has 4 aromatic carbocycles. The molecule has 2 amide bonds. The third-order valence-electron chi connectivity index (χ3n) is 7.57. The molecule has 210 valence electrons. The van der Waals surface area contributed by atoms with Gasteiger partial charge in [0.15, 0.2) is 0 Å². The van der Waals surface area contributed by atoms with Crippen molar-refractivity contribution in [3.05, 3.63) is 143 Å². The minimum atomic E-state index is -0.291. The Hall–Kier alpha value is -4.36. The predicted octanol–water partition coefficient (Wildman–Crippen LogP) is 6.39. The second kappa shape index (κ2) is 13.3. The fraction of sp³-hybridized carbons (Fsp3) is 0.235. The summed E-state index contributed by atoms with van der Waals surface area (Å²) in [6, 6.07) is 31.0. The Balaban J connectivity index is 1.29. The molecule has 0 N–H and O–H groups in total. The number of nitrogens with zero attached hydrogens (tertiary/aromatic N) is 3. The largest absolute Gasteiger partial charge is 0.300 e. The maximum atomic E-state index is 13.6. The number of carbonyl (C=O) groups excluding carboxylic acids is 2. The highest BCUT2D eigenvalue weighted by Gasteiger charge is 2.31. The van der Waals surface area contributed by atoms with E-state index in [0.717, 1.165) is 30.5 Å². The maximum absolute atomic E-state index is 13.6. The number of hydrogen-bond donors (Lipinski definition) is 0. The van der Waals surface area contributed by atoms with Crippen LogP contribution < -0.4 is 0 Å². The lowest BCUT2D eigenvalue weighted by Crippen LogP contribution is -2.50. The molecule has 0 saturated carbocycles. The first-order chi connectivity index (χ1) is 20.0. The topological polar surface area (TPSA) is 43.9 Å². The first kappa shape index (κ1) is 28.2. The highest BCUT2D eigenvalue weighted by atomic mass is 19.1. The van der Waals surface area contributed by atoms with Crippen LogP contribution in [0, 0.1) is 11.6 Å². The van der Waals surface area contributed by atoms with Gasteiger partial charge in [-0.3, -0.25) is 14.5 Å². The SMILES string of the molecule is O=C(c1ccccc1)N1CCN(CCCC(c2ccc(F)cc2)c2ccc(F)cc2)CCN1C(=O)c1ccccc1. The smallest absolute Gasteiger partial charge is 0.272 e. The molecule has 1 saturated heterocycles. The lowest BCUT2D eigenvalue weighted by atomic mass is 9.87. The second-order valence-electron chi connectivity index (χ2n) is 10.2. The van der Waals surface area contributed by atoms with Crippen molar-refractivity contribution in [2.45, 2.75) is 18.8 Å². The average molecular weight is 554 g/mol. The Morgan fingerprint density at radius 2 is 1.00 bits per heavy atom. The quantitative estimate of drug-likeness (QED) is 0.254. The number of carbonyl (C=O) groups is 2. The summed E-state index contributed by atoms with van der Waals surface area (Å²) in [5, 5.41) is 3.15. The van der Waals surface area contributed by atoms with Crippen LogP contribution in [0.3, 0.4) is 0 Å². The third-order valence-corrected chi connectivity index (χ3v) is 7.57. The van der Waals surface area contributed by atoms with Gasteiger partial charge < -0.3 is 0 Å². The lowest BCUT2D eigenvalue weighted by Gasteiger charge is -2.33. The maximum Gasteiger partial charge on any atom is 0.272 e.